The van der Waals surface area contributed by atoms with Crippen LogP contribution in [0.1, 0.15) is 63.5 Å². The number of phenols is 1. The van der Waals surface area contributed by atoms with Crippen LogP contribution >= 0.6 is 0 Å². The Balaban J connectivity index is 0.00000320. The minimum absolute atomic E-state index is 0. The number of rotatable bonds is 8. The van der Waals surface area contributed by atoms with E-state index < -0.39 is 11.9 Å². The molecule has 0 aliphatic heterocycles. The molecule has 4 aromatic rings. The van der Waals surface area contributed by atoms with E-state index in [-0.39, 0.29) is 49.1 Å². The first-order valence-electron chi connectivity index (χ1n) is 12.5. The molecule has 0 atom stereocenters. The molecule has 1 N–H and O–H groups in total. The number of unbranched alkanes of at least 4 members (excludes halogenated alkanes) is 2. The number of benzene rings is 1. The number of aromatic hydroxyl groups is 1. The molecule has 5 rings (SSSR count). The van der Waals surface area contributed by atoms with Crippen LogP contribution in [0.25, 0.3) is 33.8 Å². The van der Waals surface area contributed by atoms with Crippen LogP contribution < -0.4 is 0 Å². The standard InChI is InChI=1S/C30H28F2N3O.Pt/c1-3-5-15-30(16-6-4-2)21-10-9-12-25(36)26(21)27-22(30)13-14-24(34-27)20-18-19(28(31)35-29(20)32)23-11-7-8-17-33-23;/h7-14,17,36H,3-6,15-16H2,1-2H3;/q-1;. The van der Waals surface area contributed by atoms with Crippen molar-refractivity contribution in [1.82, 2.24) is 15.0 Å². The van der Waals surface area contributed by atoms with E-state index in [0.29, 0.717) is 17.0 Å². The Hall–Kier alpha value is -2.98. The molecule has 37 heavy (non-hydrogen) atoms. The van der Waals surface area contributed by atoms with E-state index in [4.69, 9.17) is 4.98 Å². The van der Waals surface area contributed by atoms with Crippen LogP contribution in [0.4, 0.5) is 8.78 Å². The third-order valence-corrected chi connectivity index (χ3v) is 7.16. The van der Waals surface area contributed by atoms with Gasteiger partial charge in [0, 0.05) is 49.6 Å². The van der Waals surface area contributed by atoms with Crippen LogP contribution in [0.15, 0.2) is 54.7 Å². The molecule has 0 amide bonds. The molecule has 194 valence electrons. The molecule has 3 aromatic heterocycles. The number of hydrogen-bond acceptors (Lipinski definition) is 4. The zero-order chi connectivity index (χ0) is 25.3. The van der Waals surface area contributed by atoms with Gasteiger partial charge in [0.05, 0.1) is 5.69 Å². The first kappa shape index (κ1) is 27.1. The van der Waals surface area contributed by atoms with Gasteiger partial charge < -0.3 is 5.11 Å². The van der Waals surface area contributed by atoms with Crippen molar-refractivity contribution in [3.05, 3.63) is 83.8 Å². The summed E-state index contributed by atoms with van der Waals surface area (Å²) >= 11 is 0. The average molecular weight is 680 g/mol. The van der Waals surface area contributed by atoms with Crippen molar-refractivity contribution in [1.29, 1.82) is 0 Å². The monoisotopic (exact) mass is 679 g/mol. The molecule has 1 aliphatic rings. The van der Waals surface area contributed by atoms with Crippen molar-refractivity contribution < 1.29 is 35.0 Å². The van der Waals surface area contributed by atoms with Gasteiger partial charge in [0.1, 0.15) is 17.6 Å². The summed E-state index contributed by atoms with van der Waals surface area (Å²) in [7, 11) is 0. The van der Waals surface area contributed by atoms with Gasteiger partial charge in [0.15, 0.2) is 0 Å². The van der Waals surface area contributed by atoms with E-state index in [1.54, 1.807) is 30.3 Å². The second-order valence-corrected chi connectivity index (χ2v) is 9.36. The summed E-state index contributed by atoms with van der Waals surface area (Å²) in [5.41, 5.74) is 3.74. The molecule has 0 fully saturated rings. The van der Waals surface area contributed by atoms with Crippen LogP contribution in [-0.2, 0) is 26.5 Å². The van der Waals surface area contributed by atoms with E-state index in [9.17, 15) is 13.9 Å². The number of phenolic OH excluding ortho intramolecular Hbond substituents is 1. The molecule has 1 aromatic carbocycles. The maximum absolute atomic E-state index is 15.0. The summed E-state index contributed by atoms with van der Waals surface area (Å²) in [6.45, 7) is 4.35. The van der Waals surface area contributed by atoms with Crippen molar-refractivity contribution in [2.24, 2.45) is 0 Å². The topological polar surface area (TPSA) is 58.9 Å². The van der Waals surface area contributed by atoms with Crippen molar-refractivity contribution in [2.45, 2.75) is 57.8 Å². The van der Waals surface area contributed by atoms with Crippen LogP contribution in [0.2, 0.25) is 0 Å². The van der Waals surface area contributed by atoms with Gasteiger partial charge in [-0.3, -0.25) is 15.0 Å². The van der Waals surface area contributed by atoms with Crippen molar-refractivity contribution in [2.75, 3.05) is 0 Å². The summed E-state index contributed by atoms with van der Waals surface area (Å²) in [4.78, 5) is 12.5. The molecule has 7 heteroatoms. The van der Waals surface area contributed by atoms with Gasteiger partial charge in [-0.05, 0) is 47.2 Å². The van der Waals surface area contributed by atoms with E-state index in [1.165, 1.54) is 6.20 Å². The fraction of sp³-hybridized carbons (Fsp3) is 0.300. The van der Waals surface area contributed by atoms with Gasteiger partial charge in [0.25, 0.3) is 0 Å². The van der Waals surface area contributed by atoms with Crippen molar-refractivity contribution >= 4 is 0 Å². The third-order valence-electron chi connectivity index (χ3n) is 7.16. The Bertz CT molecular complexity index is 1400. The maximum Gasteiger partial charge on any atom is 0.148 e. The molecule has 0 radical (unpaired) electrons. The Morgan fingerprint density at radius 1 is 0.811 bits per heavy atom. The van der Waals surface area contributed by atoms with Crippen LogP contribution in [0.5, 0.6) is 5.75 Å². The summed E-state index contributed by atoms with van der Waals surface area (Å²) in [6.07, 6.45) is 7.61. The molecule has 4 nitrogen and oxygen atoms in total. The Labute approximate surface area is 230 Å². The number of hydrogen-bond donors (Lipinski definition) is 1. The average Bonchev–Trinajstić information content (AvgIpc) is 3.17. The number of aromatic nitrogens is 3. The molecule has 3 heterocycles. The zero-order valence-corrected chi connectivity index (χ0v) is 23.1. The first-order chi connectivity index (χ1) is 17.5. The van der Waals surface area contributed by atoms with Gasteiger partial charge in [-0.25, -0.2) is 8.78 Å². The molecular formula is C30H28F2N3OPt-. The molecule has 0 unspecified atom stereocenters. The predicted molar refractivity (Wildman–Crippen MR) is 136 cm³/mol. The normalized spacial score (nSPS) is 13.1. The quantitative estimate of drug-likeness (QED) is 0.154. The van der Waals surface area contributed by atoms with Crippen molar-refractivity contribution in [3.63, 3.8) is 0 Å². The Kier molecular flexibility index (Phi) is 8.18. The smallest absolute Gasteiger partial charge is 0.148 e. The van der Waals surface area contributed by atoms with Crippen LogP contribution in [0.3, 0.4) is 0 Å². The van der Waals surface area contributed by atoms with Gasteiger partial charge in [-0.15, -0.1) is 6.07 Å². The second kappa shape index (κ2) is 11.2. The molecule has 0 bridgehead atoms. The van der Waals surface area contributed by atoms with E-state index in [2.05, 4.69) is 35.9 Å². The van der Waals surface area contributed by atoms with Gasteiger partial charge >= 0.3 is 0 Å². The Morgan fingerprint density at radius 2 is 1.51 bits per heavy atom. The van der Waals surface area contributed by atoms with Gasteiger partial charge in [-0.1, -0.05) is 75.9 Å². The summed E-state index contributed by atoms with van der Waals surface area (Å²) < 4.78 is 29.5. The van der Waals surface area contributed by atoms with Gasteiger partial charge in [0.2, 0.25) is 0 Å². The Morgan fingerprint density at radius 3 is 2.16 bits per heavy atom. The number of nitrogens with zero attached hydrogens (tertiary/aromatic N) is 3. The SMILES string of the molecule is CCCCC1(CCCC)c2ccc(-c3[c-]c(-c4ccccn4)c(F)nc3F)nc2-c2c(O)cccc21.[Pt]. The molecule has 0 saturated carbocycles. The maximum atomic E-state index is 15.0. The van der Waals surface area contributed by atoms with E-state index >= 15 is 0 Å². The molecule has 0 spiro atoms. The zero-order valence-electron chi connectivity index (χ0n) is 20.8. The van der Waals surface area contributed by atoms with Crippen LogP contribution in [-0.4, -0.2) is 20.1 Å². The summed E-state index contributed by atoms with van der Waals surface area (Å²) in [5, 5.41) is 10.9. The fourth-order valence-electron chi connectivity index (χ4n) is 5.40. The van der Waals surface area contributed by atoms with Crippen molar-refractivity contribution in [3.8, 4) is 39.5 Å². The third kappa shape index (κ3) is 4.72. The molecule has 1 aliphatic carbocycles. The number of fused-ring (bicyclic) bond motifs is 3. The number of halogens is 2. The summed E-state index contributed by atoms with van der Waals surface area (Å²) in [6, 6.07) is 17.3. The van der Waals surface area contributed by atoms with Gasteiger partial charge in [-0.2, -0.15) is 0 Å². The second-order valence-electron chi connectivity index (χ2n) is 9.36. The minimum Gasteiger partial charge on any atom is -0.507 e. The summed E-state index contributed by atoms with van der Waals surface area (Å²) in [5.74, 6) is -1.81. The van der Waals surface area contributed by atoms with E-state index in [1.807, 2.05) is 12.1 Å². The van der Waals surface area contributed by atoms with Crippen LogP contribution in [0, 0.1) is 18.0 Å². The fourth-order valence-corrected chi connectivity index (χ4v) is 5.40. The molecule has 0 saturated heterocycles. The van der Waals surface area contributed by atoms with E-state index in [0.717, 1.165) is 49.7 Å². The first-order valence-corrected chi connectivity index (χ1v) is 12.5. The largest absolute Gasteiger partial charge is 0.507 e. The predicted octanol–water partition coefficient (Wildman–Crippen LogP) is 7.63. The molecular weight excluding hydrogens is 651 g/mol. The minimum atomic E-state index is -0.988. The number of pyridine rings is 3.